The molecule has 0 spiro atoms. The molecule has 2 aliphatic rings. The van der Waals surface area contributed by atoms with Crippen LogP contribution in [-0.2, 0) is 12.8 Å². The van der Waals surface area contributed by atoms with Gasteiger partial charge in [0.25, 0.3) is 5.91 Å². The van der Waals surface area contributed by atoms with E-state index >= 15 is 0 Å². The monoisotopic (exact) mass is 278 g/mol. The summed E-state index contributed by atoms with van der Waals surface area (Å²) in [6.45, 7) is 0.968. The van der Waals surface area contributed by atoms with E-state index in [0.29, 0.717) is 0 Å². The van der Waals surface area contributed by atoms with Crippen LogP contribution in [0.1, 0.15) is 33.1 Å². The van der Waals surface area contributed by atoms with Gasteiger partial charge in [0, 0.05) is 5.56 Å². The summed E-state index contributed by atoms with van der Waals surface area (Å²) >= 11 is 0. The van der Waals surface area contributed by atoms with Gasteiger partial charge in [-0.3, -0.25) is 4.79 Å². The van der Waals surface area contributed by atoms with Crippen molar-refractivity contribution in [1.29, 1.82) is 0 Å². The van der Waals surface area contributed by atoms with Crippen LogP contribution in [0, 0.1) is 0 Å². The first-order valence-electron chi connectivity index (χ1n) is 7.53. The topological polar surface area (TPSA) is 41.1 Å². The molecule has 2 aromatic rings. The molecule has 0 saturated heterocycles. The Kier molecular flexibility index (Phi) is 3.00. The summed E-state index contributed by atoms with van der Waals surface area (Å²) in [6, 6.07) is 16.8. The van der Waals surface area contributed by atoms with Crippen LogP contribution < -0.4 is 10.6 Å². The Hall–Kier alpha value is -2.13. The zero-order valence-corrected chi connectivity index (χ0v) is 11.8. The first-order chi connectivity index (χ1) is 10.3. The van der Waals surface area contributed by atoms with Crippen molar-refractivity contribution in [3.8, 4) is 0 Å². The van der Waals surface area contributed by atoms with E-state index in [1.165, 1.54) is 11.1 Å². The second-order valence-corrected chi connectivity index (χ2v) is 5.82. The van der Waals surface area contributed by atoms with Crippen molar-refractivity contribution in [2.75, 3.05) is 6.54 Å². The Labute approximate surface area is 124 Å². The number of hydrogen-bond donors (Lipinski definition) is 2. The summed E-state index contributed by atoms with van der Waals surface area (Å²) in [5, 5.41) is 6.76. The normalized spacial score (nSPS) is 23.9. The molecule has 2 unspecified atom stereocenters. The molecule has 4 rings (SSSR count). The molecule has 0 fully saturated rings. The van der Waals surface area contributed by atoms with Crippen molar-refractivity contribution < 1.29 is 4.79 Å². The van der Waals surface area contributed by atoms with Crippen molar-refractivity contribution >= 4 is 5.91 Å². The first kappa shape index (κ1) is 12.6. The lowest BCUT2D eigenvalue weighted by Gasteiger charge is -2.36. The predicted molar refractivity (Wildman–Crippen MR) is 82.3 cm³/mol. The molecule has 2 heterocycles. The first-order valence-corrected chi connectivity index (χ1v) is 7.53. The zero-order chi connectivity index (χ0) is 14.2. The highest BCUT2D eigenvalue weighted by Gasteiger charge is 2.32. The van der Waals surface area contributed by atoms with Crippen molar-refractivity contribution in [2.24, 2.45) is 0 Å². The van der Waals surface area contributed by atoms with Crippen molar-refractivity contribution in [2.45, 2.75) is 24.9 Å². The van der Waals surface area contributed by atoms with E-state index in [1.807, 2.05) is 18.2 Å². The highest BCUT2D eigenvalue weighted by molar-refractivity contribution is 5.97. The summed E-state index contributed by atoms with van der Waals surface area (Å²) in [4.78, 5) is 12.3. The van der Waals surface area contributed by atoms with E-state index in [2.05, 4.69) is 41.0 Å². The van der Waals surface area contributed by atoms with Gasteiger partial charge in [-0.2, -0.15) is 0 Å². The SMILES string of the molecule is O=C1NC(C2NCCc3ccccc32)Cc2ccccc21. The summed E-state index contributed by atoms with van der Waals surface area (Å²) < 4.78 is 0. The van der Waals surface area contributed by atoms with Crippen LogP contribution in [0.25, 0.3) is 0 Å². The fourth-order valence-electron chi connectivity index (χ4n) is 3.55. The third-order valence-corrected chi connectivity index (χ3v) is 4.57. The molecule has 2 atom stereocenters. The van der Waals surface area contributed by atoms with Gasteiger partial charge >= 0.3 is 0 Å². The van der Waals surface area contributed by atoms with Crippen LogP contribution in [0.4, 0.5) is 0 Å². The van der Waals surface area contributed by atoms with Crippen LogP contribution in [0.3, 0.4) is 0 Å². The molecule has 0 aliphatic carbocycles. The largest absolute Gasteiger partial charge is 0.347 e. The zero-order valence-electron chi connectivity index (χ0n) is 11.8. The summed E-state index contributed by atoms with van der Waals surface area (Å²) in [5.74, 6) is 0.0479. The summed E-state index contributed by atoms with van der Waals surface area (Å²) in [5.41, 5.74) is 4.69. The van der Waals surface area contributed by atoms with E-state index in [1.54, 1.807) is 0 Å². The Balaban J connectivity index is 1.69. The maximum Gasteiger partial charge on any atom is 0.251 e. The van der Waals surface area contributed by atoms with Gasteiger partial charge in [-0.1, -0.05) is 42.5 Å². The molecule has 2 N–H and O–H groups in total. The van der Waals surface area contributed by atoms with Gasteiger partial charge in [-0.25, -0.2) is 0 Å². The molecule has 0 saturated carbocycles. The minimum Gasteiger partial charge on any atom is -0.347 e. The second-order valence-electron chi connectivity index (χ2n) is 5.82. The Morgan fingerprint density at radius 3 is 2.62 bits per heavy atom. The number of carbonyl (C=O) groups excluding carboxylic acids is 1. The minimum atomic E-state index is 0.0479. The van der Waals surface area contributed by atoms with Gasteiger partial charge in [0.15, 0.2) is 0 Å². The number of benzene rings is 2. The van der Waals surface area contributed by atoms with Gasteiger partial charge in [0.1, 0.15) is 0 Å². The molecule has 0 aromatic heterocycles. The van der Waals surface area contributed by atoms with E-state index in [4.69, 9.17) is 0 Å². The lowest BCUT2D eigenvalue weighted by atomic mass is 9.84. The predicted octanol–water partition coefficient (Wildman–Crippen LogP) is 2.23. The maximum atomic E-state index is 12.3. The van der Waals surface area contributed by atoms with E-state index < -0.39 is 0 Å². The lowest BCUT2D eigenvalue weighted by molar-refractivity contribution is 0.0912. The standard InChI is InChI=1S/C18H18N2O/c21-18-15-8-4-2-6-13(15)11-16(20-18)17-14-7-3-1-5-12(14)9-10-19-17/h1-8,16-17,19H,9-11H2,(H,20,21). The molecular weight excluding hydrogens is 260 g/mol. The van der Waals surface area contributed by atoms with Gasteiger partial charge in [0.2, 0.25) is 0 Å². The van der Waals surface area contributed by atoms with Crippen LogP contribution in [0.2, 0.25) is 0 Å². The Bertz CT molecular complexity index is 695. The molecule has 3 nitrogen and oxygen atoms in total. The molecule has 2 aromatic carbocycles. The fraction of sp³-hybridized carbons (Fsp3) is 0.278. The van der Waals surface area contributed by atoms with Crippen LogP contribution in [-0.4, -0.2) is 18.5 Å². The number of fused-ring (bicyclic) bond motifs is 2. The molecule has 106 valence electrons. The quantitative estimate of drug-likeness (QED) is 0.840. The van der Waals surface area contributed by atoms with Crippen LogP contribution >= 0.6 is 0 Å². The van der Waals surface area contributed by atoms with E-state index in [-0.39, 0.29) is 18.0 Å². The van der Waals surface area contributed by atoms with E-state index in [0.717, 1.165) is 30.5 Å². The number of nitrogens with one attached hydrogen (secondary N) is 2. The lowest BCUT2D eigenvalue weighted by Crippen LogP contribution is -2.50. The number of hydrogen-bond acceptors (Lipinski definition) is 2. The third-order valence-electron chi connectivity index (χ3n) is 4.57. The molecule has 2 aliphatic heterocycles. The molecule has 21 heavy (non-hydrogen) atoms. The fourth-order valence-corrected chi connectivity index (χ4v) is 3.55. The van der Waals surface area contributed by atoms with Crippen molar-refractivity contribution in [1.82, 2.24) is 10.6 Å². The molecule has 0 bridgehead atoms. The maximum absolute atomic E-state index is 12.3. The van der Waals surface area contributed by atoms with Crippen molar-refractivity contribution in [3.05, 3.63) is 70.8 Å². The van der Waals surface area contributed by atoms with Crippen LogP contribution in [0.5, 0.6) is 0 Å². The third kappa shape index (κ3) is 2.14. The second kappa shape index (κ2) is 5.01. The number of rotatable bonds is 1. The van der Waals surface area contributed by atoms with Crippen LogP contribution in [0.15, 0.2) is 48.5 Å². The molecular formula is C18H18N2O. The Morgan fingerprint density at radius 1 is 0.952 bits per heavy atom. The molecule has 3 heteroatoms. The van der Waals surface area contributed by atoms with Gasteiger partial charge < -0.3 is 10.6 Å². The van der Waals surface area contributed by atoms with Gasteiger partial charge in [0.05, 0.1) is 12.1 Å². The van der Waals surface area contributed by atoms with Crippen molar-refractivity contribution in [3.63, 3.8) is 0 Å². The smallest absolute Gasteiger partial charge is 0.251 e. The molecule has 1 amide bonds. The summed E-state index contributed by atoms with van der Waals surface area (Å²) in [7, 11) is 0. The number of amides is 1. The highest BCUT2D eigenvalue weighted by atomic mass is 16.1. The average Bonchev–Trinajstić information content (AvgIpc) is 2.54. The van der Waals surface area contributed by atoms with Gasteiger partial charge in [-0.15, -0.1) is 0 Å². The van der Waals surface area contributed by atoms with Gasteiger partial charge in [-0.05, 0) is 42.1 Å². The minimum absolute atomic E-state index is 0.0479. The molecule has 0 radical (unpaired) electrons. The Morgan fingerprint density at radius 2 is 1.71 bits per heavy atom. The average molecular weight is 278 g/mol. The number of carbonyl (C=O) groups is 1. The highest BCUT2D eigenvalue weighted by Crippen LogP contribution is 2.29. The van der Waals surface area contributed by atoms with E-state index in [9.17, 15) is 4.79 Å². The summed E-state index contributed by atoms with van der Waals surface area (Å²) in [6.07, 6.45) is 1.94.